The third kappa shape index (κ3) is 4.02. The largest absolute Gasteiger partial charge is 0.463 e. The molecule has 3 aromatic rings. The average Bonchev–Trinajstić information content (AvgIpc) is 2.82. The Hall–Kier alpha value is -3.14. The van der Waals surface area contributed by atoms with Gasteiger partial charge in [0.25, 0.3) is 0 Å². The van der Waals surface area contributed by atoms with Crippen LogP contribution in [0, 0.1) is 0 Å². The van der Waals surface area contributed by atoms with Crippen LogP contribution in [-0.2, 0) is 19.8 Å². The van der Waals surface area contributed by atoms with Crippen LogP contribution in [0.4, 0.5) is 0 Å². The molecule has 0 fully saturated rings. The summed E-state index contributed by atoms with van der Waals surface area (Å²) in [5.74, 6) is 0.728. The van der Waals surface area contributed by atoms with Crippen LogP contribution in [0.3, 0.4) is 0 Å². The predicted molar refractivity (Wildman–Crippen MR) is 114 cm³/mol. The van der Waals surface area contributed by atoms with Gasteiger partial charge >= 0.3 is 0 Å². The molecule has 3 heteroatoms. The number of benzene rings is 3. The zero-order chi connectivity index (χ0) is 19.9. The summed E-state index contributed by atoms with van der Waals surface area (Å²) < 4.78 is 17.9. The minimum absolute atomic E-state index is 0.308. The van der Waals surface area contributed by atoms with E-state index in [4.69, 9.17) is 14.2 Å². The molecule has 0 spiro atoms. The fourth-order valence-corrected chi connectivity index (χ4v) is 3.64. The van der Waals surface area contributed by atoms with Crippen LogP contribution in [-0.4, -0.2) is 20.0 Å². The van der Waals surface area contributed by atoms with Crippen molar-refractivity contribution in [2.45, 2.75) is 11.9 Å². The standard InChI is InChI=1S/C26H24O3/c1-27-25-19-11-18-24(29-25)20-28-26(21-12-5-2-6-13-21,22-14-7-3-8-15-22)23-16-9-4-10-17-23/h2-19,25H,20H2,1H3. The first-order valence-corrected chi connectivity index (χ1v) is 9.70. The molecule has 4 rings (SSSR count). The quantitative estimate of drug-likeness (QED) is 0.508. The molecular weight excluding hydrogens is 360 g/mol. The highest BCUT2D eigenvalue weighted by atomic mass is 16.7. The lowest BCUT2D eigenvalue weighted by Crippen LogP contribution is -2.34. The molecule has 0 saturated heterocycles. The van der Waals surface area contributed by atoms with Gasteiger partial charge in [-0.1, -0.05) is 97.1 Å². The maximum Gasteiger partial charge on any atom is 0.219 e. The molecule has 29 heavy (non-hydrogen) atoms. The van der Waals surface area contributed by atoms with E-state index in [0.29, 0.717) is 6.61 Å². The van der Waals surface area contributed by atoms with Gasteiger partial charge in [0.15, 0.2) is 0 Å². The molecule has 1 unspecified atom stereocenters. The molecule has 0 aliphatic carbocycles. The normalized spacial score (nSPS) is 16.2. The van der Waals surface area contributed by atoms with Gasteiger partial charge in [-0.05, 0) is 28.8 Å². The molecule has 0 saturated carbocycles. The van der Waals surface area contributed by atoms with Crippen LogP contribution in [0.1, 0.15) is 16.7 Å². The van der Waals surface area contributed by atoms with E-state index in [1.54, 1.807) is 7.11 Å². The van der Waals surface area contributed by atoms with Gasteiger partial charge in [0.05, 0.1) is 0 Å². The second-order valence-electron chi connectivity index (χ2n) is 6.81. The zero-order valence-electron chi connectivity index (χ0n) is 16.4. The van der Waals surface area contributed by atoms with Gasteiger partial charge in [-0.2, -0.15) is 0 Å². The Labute approximate surface area is 171 Å². The van der Waals surface area contributed by atoms with Crippen molar-refractivity contribution in [3.63, 3.8) is 0 Å². The Morgan fingerprint density at radius 1 is 0.759 bits per heavy atom. The summed E-state index contributed by atoms with van der Waals surface area (Å²) in [7, 11) is 1.63. The Kier molecular flexibility index (Phi) is 5.89. The summed E-state index contributed by atoms with van der Waals surface area (Å²) in [6, 6.07) is 30.9. The molecular formula is C26H24O3. The molecule has 0 bridgehead atoms. The first kappa shape index (κ1) is 19.2. The second kappa shape index (κ2) is 8.91. The molecule has 0 amide bonds. The summed E-state index contributed by atoms with van der Waals surface area (Å²) >= 11 is 0. The number of ether oxygens (including phenoxy) is 3. The highest BCUT2D eigenvalue weighted by molar-refractivity contribution is 5.47. The summed E-state index contributed by atoms with van der Waals surface area (Å²) in [6.07, 6.45) is 5.33. The Balaban J connectivity index is 1.80. The Bertz CT molecular complexity index is 866. The van der Waals surface area contributed by atoms with Gasteiger partial charge in [0.2, 0.25) is 6.29 Å². The van der Waals surface area contributed by atoms with E-state index in [-0.39, 0.29) is 0 Å². The predicted octanol–water partition coefficient (Wildman–Crippen LogP) is 5.44. The van der Waals surface area contributed by atoms with E-state index >= 15 is 0 Å². The van der Waals surface area contributed by atoms with Crippen molar-refractivity contribution < 1.29 is 14.2 Å². The lowest BCUT2D eigenvalue weighted by molar-refractivity contribution is -0.0825. The third-order valence-electron chi connectivity index (χ3n) is 5.02. The molecule has 1 atom stereocenters. The molecule has 0 aromatic heterocycles. The van der Waals surface area contributed by atoms with Crippen LogP contribution in [0.25, 0.3) is 0 Å². The van der Waals surface area contributed by atoms with E-state index in [0.717, 1.165) is 22.4 Å². The Morgan fingerprint density at radius 2 is 1.24 bits per heavy atom. The monoisotopic (exact) mass is 384 g/mol. The van der Waals surface area contributed by atoms with E-state index in [9.17, 15) is 0 Å². The lowest BCUT2D eigenvalue weighted by atomic mass is 9.80. The first-order chi connectivity index (χ1) is 14.3. The zero-order valence-corrected chi connectivity index (χ0v) is 16.4. The average molecular weight is 384 g/mol. The topological polar surface area (TPSA) is 27.7 Å². The van der Waals surface area contributed by atoms with Crippen molar-refractivity contribution in [1.29, 1.82) is 0 Å². The van der Waals surface area contributed by atoms with Crippen molar-refractivity contribution in [3.8, 4) is 0 Å². The van der Waals surface area contributed by atoms with Crippen LogP contribution in [0.2, 0.25) is 0 Å². The molecule has 1 aliphatic rings. The van der Waals surface area contributed by atoms with Crippen molar-refractivity contribution in [1.82, 2.24) is 0 Å². The van der Waals surface area contributed by atoms with E-state index in [1.807, 2.05) is 72.8 Å². The smallest absolute Gasteiger partial charge is 0.219 e. The van der Waals surface area contributed by atoms with Gasteiger partial charge < -0.3 is 14.2 Å². The number of hydrogen-bond donors (Lipinski definition) is 0. The number of hydrogen-bond acceptors (Lipinski definition) is 3. The minimum atomic E-state index is -0.766. The molecule has 1 aliphatic heterocycles. The maximum atomic E-state index is 6.74. The van der Waals surface area contributed by atoms with Crippen molar-refractivity contribution >= 4 is 0 Å². The first-order valence-electron chi connectivity index (χ1n) is 9.70. The van der Waals surface area contributed by atoms with E-state index < -0.39 is 11.9 Å². The fraction of sp³-hybridized carbons (Fsp3) is 0.154. The highest BCUT2D eigenvalue weighted by Gasteiger charge is 2.38. The van der Waals surface area contributed by atoms with Crippen LogP contribution in [0.5, 0.6) is 0 Å². The van der Waals surface area contributed by atoms with Crippen molar-refractivity contribution in [2.75, 3.05) is 13.7 Å². The maximum absolute atomic E-state index is 6.74. The fourth-order valence-electron chi connectivity index (χ4n) is 3.64. The van der Waals surface area contributed by atoms with Crippen LogP contribution in [0.15, 0.2) is 115 Å². The summed E-state index contributed by atoms with van der Waals surface area (Å²) in [6.45, 7) is 0.308. The molecule has 3 aromatic carbocycles. The SMILES string of the molecule is COC1C=CC=C(COC(c2ccccc2)(c2ccccc2)c2ccccc2)O1. The molecule has 146 valence electrons. The lowest BCUT2D eigenvalue weighted by Gasteiger charge is -2.36. The van der Waals surface area contributed by atoms with Crippen molar-refractivity contribution in [2.24, 2.45) is 0 Å². The third-order valence-corrected chi connectivity index (χ3v) is 5.02. The summed E-state index contributed by atoms with van der Waals surface area (Å²) in [5.41, 5.74) is 2.42. The molecule has 3 nitrogen and oxygen atoms in total. The van der Waals surface area contributed by atoms with E-state index in [2.05, 4.69) is 36.4 Å². The van der Waals surface area contributed by atoms with E-state index in [1.165, 1.54) is 0 Å². The van der Waals surface area contributed by atoms with Gasteiger partial charge in [0.1, 0.15) is 18.0 Å². The van der Waals surface area contributed by atoms with Gasteiger partial charge in [0, 0.05) is 7.11 Å². The number of methoxy groups -OCH3 is 1. The summed E-state index contributed by atoms with van der Waals surface area (Å²) in [4.78, 5) is 0. The van der Waals surface area contributed by atoms with Gasteiger partial charge in [-0.15, -0.1) is 0 Å². The molecule has 0 radical (unpaired) electrons. The number of allylic oxidation sites excluding steroid dienone is 2. The van der Waals surface area contributed by atoms with Gasteiger partial charge in [-0.3, -0.25) is 0 Å². The second-order valence-corrected chi connectivity index (χ2v) is 6.81. The molecule has 0 N–H and O–H groups in total. The van der Waals surface area contributed by atoms with Crippen molar-refractivity contribution in [3.05, 3.63) is 132 Å². The number of rotatable bonds is 7. The highest BCUT2D eigenvalue weighted by Crippen LogP contribution is 2.40. The van der Waals surface area contributed by atoms with Gasteiger partial charge in [-0.25, -0.2) is 0 Å². The van der Waals surface area contributed by atoms with Crippen LogP contribution >= 0.6 is 0 Å². The molecule has 1 heterocycles. The summed E-state index contributed by atoms with van der Waals surface area (Å²) in [5, 5.41) is 0. The minimum Gasteiger partial charge on any atom is -0.463 e. The van der Waals surface area contributed by atoms with Crippen LogP contribution < -0.4 is 0 Å². The Morgan fingerprint density at radius 3 is 1.69 bits per heavy atom.